The van der Waals surface area contributed by atoms with Crippen LogP contribution in [-0.4, -0.2) is 9.55 Å². The average molecular weight is 300 g/mol. The Morgan fingerprint density at radius 3 is 2.62 bits per heavy atom. The second-order valence-electron chi connectivity index (χ2n) is 5.58. The van der Waals surface area contributed by atoms with Gasteiger partial charge in [0.15, 0.2) is 0 Å². The number of rotatable bonds is 2. The van der Waals surface area contributed by atoms with Gasteiger partial charge in [0.2, 0.25) is 0 Å². The minimum Gasteiger partial charge on any atom is -0.399 e. The molecule has 0 saturated carbocycles. The van der Waals surface area contributed by atoms with Crippen LogP contribution in [0, 0.1) is 6.92 Å². The molecule has 1 aromatic heterocycles. The van der Waals surface area contributed by atoms with E-state index in [2.05, 4.69) is 24.5 Å². The van der Waals surface area contributed by atoms with Crippen LogP contribution in [0.2, 0.25) is 5.02 Å². The molecular weight excluding hydrogens is 282 g/mol. The van der Waals surface area contributed by atoms with E-state index in [1.165, 1.54) is 0 Å². The van der Waals surface area contributed by atoms with Gasteiger partial charge in [-0.05, 0) is 56.7 Å². The molecule has 0 radical (unpaired) electrons. The third-order valence-corrected chi connectivity index (χ3v) is 4.01. The van der Waals surface area contributed by atoms with E-state index in [0.717, 1.165) is 38.7 Å². The van der Waals surface area contributed by atoms with Gasteiger partial charge < -0.3 is 10.3 Å². The molecule has 0 aliphatic rings. The van der Waals surface area contributed by atoms with E-state index in [0.29, 0.717) is 0 Å². The molecule has 0 unspecified atom stereocenters. The standard InChI is InChI=1S/C17H18ClN3/c1-10(2)21-16-13(18)5-4-6-15(16)20-17(21)12-7-8-14(19)11(3)9-12/h4-10H,19H2,1-3H3. The zero-order chi connectivity index (χ0) is 15.1. The van der Waals surface area contributed by atoms with Crippen LogP contribution in [-0.2, 0) is 0 Å². The highest BCUT2D eigenvalue weighted by atomic mass is 35.5. The predicted molar refractivity (Wildman–Crippen MR) is 89.7 cm³/mol. The molecule has 21 heavy (non-hydrogen) atoms. The molecule has 1 heterocycles. The molecule has 0 bridgehead atoms. The quantitative estimate of drug-likeness (QED) is 0.689. The first-order valence-electron chi connectivity index (χ1n) is 7.02. The molecule has 3 nitrogen and oxygen atoms in total. The lowest BCUT2D eigenvalue weighted by molar-refractivity contribution is 0.624. The van der Waals surface area contributed by atoms with E-state index < -0.39 is 0 Å². The number of aryl methyl sites for hydroxylation is 1. The van der Waals surface area contributed by atoms with Gasteiger partial charge in [-0.2, -0.15) is 0 Å². The van der Waals surface area contributed by atoms with E-state index >= 15 is 0 Å². The first kappa shape index (κ1) is 14.0. The number of halogens is 1. The number of fused-ring (bicyclic) bond motifs is 1. The SMILES string of the molecule is Cc1cc(-c2nc3cccc(Cl)c3n2C(C)C)ccc1N. The third kappa shape index (κ3) is 2.28. The summed E-state index contributed by atoms with van der Waals surface area (Å²) in [4.78, 5) is 4.77. The van der Waals surface area contributed by atoms with Gasteiger partial charge in [-0.3, -0.25) is 0 Å². The monoisotopic (exact) mass is 299 g/mol. The Morgan fingerprint density at radius 2 is 1.95 bits per heavy atom. The van der Waals surface area contributed by atoms with Gasteiger partial charge in [0, 0.05) is 17.3 Å². The number of nitrogens with zero attached hydrogens (tertiary/aromatic N) is 2. The summed E-state index contributed by atoms with van der Waals surface area (Å²) < 4.78 is 2.18. The number of imidazole rings is 1. The summed E-state index contributed by atoms with van der Waals surface area (Å²) >= 11 is 6.38. The van der Waals surface area contributed by atoms with Gasteiger partial charge in [0.25, 0.3) is 0 Å². The van der Waals surface area contributed by atoms with Crippen molar-refractivity contribution >= 4 is 28.3 Å². The zero-order valence-electron chi connectivity index (χ0n) is 12.4. The maximum atomic E-state index is 6.38. The van der Waals surface area contributed by atoms with Crippen LogP contribution in [0.5, 0.6) is 0 Å². The summed E-state index contributed by atoms with van der Waals surface area (Å²) in [7, 11) is 0. The summed E-state index contributed by atoms with van der Waals surface area (Å²) in [6.45, 7) is 6.28. The van der Waals surface area contributed by atoms with Gasteiger partial charge in [0.05, 0.1) is 16.1 Å². The molecule has 3 rings (SSSR count). The normalized spacial score (nSPS) is 11.5. The Bertz CT molecular complexity index is 818. The van der Waals surface area contributed by atoms with E-state index in [1.54, 1.807) is 0 Å². The van der Waals surface area contributed by atoms with Gasteiger partial charge >= 0.3 is 0 Å². The van der Waals surface area contributed by atoms with Crippen molar-refractivity contribution in [3.63, 3.8) is 0 Å². The lowest BCUT2D eigenvalue weighted by Gasteiger charge is -2.14. The molecule has 4 heteroatoms. The molecule has 0 saturated heterocycles. The number of benzene rings is 2. The maximum Gasteiger partial charge on any atom is 0.141 e. The zero-order valence-corrected chi connectivity index (χ0v) is 13.1. The number of aromatic nitrogens is 2. The molecule has 0 spiro atoms. The highest BCUT2D eigenvalue weighted by molar-refractivity contribution is 6.35. The lowest BCUT2D eigenvalue weighted by Crippen LogP contribution is -2.03. The van der Waals surface area contributed by atoms with E-state index in [1.807, 2.05) is 37.3 Å². The number of hydrogen-bond acceptors (Lipinski definition) is 2. The predicted octanol–water partition coefficient (Wildman–Crippen LogP) is 4.83. The van der Waals surface area contributed by atoms with Crippen molar-refractivity contribution in [2.24, 2.45) is 0 Å². The molecule has 3 aromatic rings. The topological polar surface area (TPSA) is 43.8 Å². The van der Waals surface area contributed by atoms with Crippen LogP contribution < -0.4 is 5.73 Å². The summed E-state index contributed by atoms with van der Waals surface area (Å²) in [5.41, 5.74) is 10.7. The molecule has 2 aromatic carbocycles. The first-order chi connectivity index (χ1) is 9.99. The van der Waals surface area contributed by atoms with Crippen LogP contribution in [0.25, 0.3) is 22.4 Å². The summed E-state index contributed by atoms with van der Waals surface area (Å²) in [6.07, 6.45) is 0. The first-order valence-corrected chi connectivity index (χ1v) is 7.39. The van der Waals surface area contributed by atoms with Gasteiger partial charge in [0.1, 0.15) is 5.82 Å². The van der Waals surface area contributed by atoms with E-state index in [-0.39, 0.29) is 6.04 Å². The Kier molecular flexibility index (Phi) is 3.38. The van der Waals surface area contributed by atoms with Crippen molar-refractivity contribution in [2.45, 2.75) is 26.8 Å². The molecule has 0 atom stereocenters. The highest BCUT2D eigenvalue weighted by Crippen LogP contribution is 2.33. The second kappa shape index (κ2) is 5.08. The Morgan fingerprint density at radius 1 is 1.19 bits per heavy atom. The summed E-state index contributed by atoms with van der Waals surface area (Å²) in [6, 6.07) is 12.1. The molecule has 0 amide bonds. The van der Waals surface area contributed by atoms with Crippen LogP contribution in [0.15, 0.2) is 36.4 Å². The van der Waals surface area contributed by atoms with Crippen LogP contribution in [0.4, 0.5) is 5.69 Å². The minimum absolute atomic E-state index is 0.266. The van der Waals surface area contributed by atoms with Gasteiger partial charge in [-0.1, -0.05) is 17.7 Å². The number of nitrogen functional groups attached to an aromatic ring is 1. The van der Waals surface area contributed by atoms with Crippen molar-refractivity contribution in [3.05, 3.63) is 47.0 Å². The number of anilines is 1. The van der Waals surface area contributed by atoms with Gasteiger partial charge in [-0.25, -0.2) is 4.98 Å². The Labute approximate surface area is 129 Å². The number of nitrogens with two attached hydrogens (primary N) is 1. The van der Waals surface area contributed by atoms with Gasteiger partial charge in [-0.15, -0.1) is 0 Å². The fraction of sp³-hybridized carbons (Fsp3) is 0.235. The fourth-order valence-corrected chi connectivity index (χ4v) is 2.89. The minimum atomic E-state index is 0.266. The molecule has 0 aliphatic heterocycles. The molecular formula is C17H18ClN3. The third-order valence-electron chi connectivity index (χ3n) is 3.71. The summed E-state index contributed by atoms with van der Waals surface area (Å²) in [5.74, 6) is 0.927. The van der Waals surface area contributed by atoms with Crippen molar-refractivity contribution in [2.75, 3.05) is 5.73 Å². The fourth-order valence-electron chi connectivity index (χ4n) is 2.63. The van der Waals surface area contributed by atoms with Crippen LogP contribution in [0.3, 0.4) is 0 Å². The molecule has 2 N–H and O–H groups in total. The number of hydrogen-bond donors (Lipinski definition) is 1. The molecule has 0 fully saturated rings. The van der Waals surface area contributed by atoms with E-state index in [4.69, 9.17) is 22.3 Å². The van der Waals surface area contributed by atoms with Crippen LogP contribution >= 0.6 is 11.6 Å². The smallest absolute Gasteiger partial charge is 0.141 e. The Balaban J connectivity index is 2.34. The van der Waals surface area contributed by atoms with Crippen molar-refractivity contribution < 1.29 is 0 Å². The highest BCUT2D eigenvalue weighted by Gasteiger charge is 2.17. The number of para-hydroxylation sites is 1. The molecule has 108 valence electrons. The summed E-state index contributed by atoms with van der Waals surface area (Å²) in [5, 5.41) is 0.729. The Hall–Kier alpha value is -2.00. The molecule has 0 aliphatic carbocycles. The second-order valence-corrected chi connectivity index (χ2v) is 5.99. The van der Waals surface area contributed by atoms with Crippen molar-refractivity contribution in [3.8, 4) is 11.4 Å². The van der Waals surface area contributed by atoms with Crippen molar-refractivity contribution in [1.82, 2.24) is 9.55 Å². The lowest BCUT2D eigenvalue weighted by atomic mass is 10.1. The largest absolute Gasteiger partial charge is 0.399 e. The van der Waals surface area contributed by atoms with Crippen molar-refractivity contribution in [1.29, 1.82) is 0 Å². The maximum absolute atomic E-state index is 6.38. The average Bonchev–Trinajstić information content (AvgIpc) is 2.83. The van der Waals surface area contributed by atoms with Crippen LogP contribution in [0.1, 0.15) is 25.5 Å². The van der Waals surface area contributed by atoms with E-state index in [9.17, 15) is 0 Å².